The molecule has 1 aliphatic heterocycles. The third-order valence-corrected chi connectivity index (χ3v) is 3.63. The van der Waals surface area contributed by atoms with Crippen molar-refractivity contribution in [2.45, 2.75) is 25.4 Å². The largest absolute Gasteiger partial charge is 0.383 e. The van der Waals surface area contributed by atoms with Crippen molar-refractivity contribution in [2.24, 2.45) is 5.73 Å². The number of methoxy groups -OCH3 is 1. The van der Waals surface area contributed by atoms with E-state index < -0.39 is 0 Å². The lowest BCUT2D eigenvalue weighted by molar-refractivity contribution is 0.182. The Balaban J connectivity index is 2.22. The summed E-state index contributed by atoms with van der Waals surface area (Å²) in [5.74, 6) is 0. The molecule has 0 bridgehead atoms. The van der Waals surface area contributed by atoms with Gasteiger partial charge >= 0.3 is 0 Å². The van der Waals surface area contributed by atoms with Crippen LogP contribution in [0.4, 0.5) is 5.69 Å². The molecule has 0 amide bonds. The van der Waals surface area contributed by atoms with Crippen molar-refractivity contribution < 1.29 is 4.74 Å². The van der Waals surface area contributed by atoms with E-state index in [1.165, 1.54) is 4.68 Å². The summed E-state index contributed by atoms with van der Waals surface area (Å²) in [6.07, 6.45) is 3.65. The van der Waals surface area contributed by atoms with Crippen LogP contribution in [-0.2, 0) is 11.3 Å². The summed E-state index contributed by atoms with van der Waals surface area (Å²) in [5, 5.41) is 4.34. The molecule has 1 atom stereocenters. The molecule has 2 rings (SSSR count). The number of ether oxygens (including phenoxy) is 1. The van der Waals surface area contributed by atoms with Gasteiger partial charge in [0.2, 0.25) is 0 Å². The minimum Gasteiger partial charge on any atom is -0.383 e. The van der Waals surface area contributed by atoms with E-state index in [0.717, 1.165) is 19.4 Å². The maximum absolute atomic E-state index is 12.1. The molecule has 2 N–H and O–H groups in total. The number of rotatable bonds is 4. The molecule has 0 unspecified atom stereocenters. The predicted molar refractivity (Wildman–Crippen MR) is 74.8 cm³/mol. The van der Waals surface area contributed by atoms with E-state index in [1.54, 1.807) is 13.3 Å². The van der Waals surface area contributed by atoms with E-state index in [0.29, 0.717) is 25.4 Å². The van der Waals surface area contributed by atoms with E-state index in [4.69, 9.17) is 22.1 Å². The molecule has 19 heavy (non-hydrogen) atoms. The van der Waals surface area contributed by atoms with Crippen LogP contribution in [-0.4, -0.2) is 42.6 Å². The maximum atomic E-state index is 12.1. The Bertz CT molecular complexity index is 491. The molecule has 1 fully saturated rings. The fourth-order valence-electron chi connectivity index (χ4n) is 2.24. The first-order chi connectivity index (χ1) is 9.13. The Kier molecular flexibility index (Phi) is 4.79. The molecule has 6 nitrogen and oxygen atoms in total. The number of nitrogens with two attached hydrogens (primary N) is 1. The molecule has 1 aromatic heterocycles. The molecule has 0 saturated carbocycles. The van der Waals surface area contributed by atoms with Crippen LogP contribution in [0.5, 0.6) is 0 Å². The second-order valence-corrected chi connectivity index (χ2v) is 5.09. The van der Waals surface area contributed by atoms with Crippen LogP contribution in [0.3, 0.4) is 0 Å². The molecule has 7 heteroatoms. The lowest BCUT2D eigenvalue weighted by Gasteiger charge is -2.32. The van der Waals surface area contributed by atoms with Crippen molar-refractivity contribution in [1.82, 2.24) is 9.78 Å². The summed E-state index contributed by atoms with van der Waals surface area (Å²) in [4.78, 5) is 14.1. The number of halogens is 1. The summed E-state index contributed by atoms with van der Waals surface area (Å²) in [7, 11) is 1.58. The standard InChI is InChI=1S/C12H19ClN4O2/c1-19-6-5-17-12(18)11(13)10(7-15-17)16-4-2-3-9(14)8-16/h7,9H,2-6,8,14H2,1H3/t9-/m1/s1. The highest BCUT2D eigenvalue weighted by Gasteiger charge is 2.21. The number of anilines is 1. The number of piperidine rings is 1. The second-order valence-electron chi connectivity index (χ2n) is 4.71. The number of hydrogen-bond acceptors (Lipinski definition) is 5. The van der Waals surface area contributed by atoms with E-state index >= 15 is 0 Å². The van der Waals surface area contributed by atoms with Gasteiger partial charge in [0.25, 0.3) is 5.56 Å². The van der Waals surface area contributed by atoms with Gasteiger partial charge in [0, 0.05) is 26.2 Å². The Hall–Kier alpha value is -1.11. The Morgan fingerprint density at radius 1 is 1.63 bits per heavy atom. The van der Waals surface area contributed by atoms with Crippen LogP contribution < -0.4 is 16.2 Å². The zero-order chi connectivity index (χ0) is 13.8. The molecule has 0 radical (unpaired) electrons. The molecule has 1 saturated heterocycles. The van der Waals surface area contributed by atoms with Crippen LogP contribution in [0.25, 0.3) is 0 Å². The topological polar surface area (TPSA) is 73.4 Å². The number of aromatic nitrogens is 2. The number of hydrogen-bond donors (Lipinski definition) is 1. The van der Waals surface area contributed by atoms with Crippen LogP contribution in [0.15, 0.2) is 11.0 Å². The fraction of sp³-hybridized carbons (Fsp3) is 0.667. The van der Waals surface area contributed by atoms with Crippen molar-refractivity contribution in [3.05, 3.63) is 21.6 Å². The lowest BCUT2D eigenvalue weighted by atomic mass is 10.1. The highest BCUT2D eigenvalue weighted by Crippen LogP contribution is 2.24. The first-order valence-corrected chi connectivity index (χ1v) is 6.76. The van der Waals surface area contributed by atoms with E-state index in [2.05, 4.69) is 5.10 Å². The van der Waals surface area contributed by atoms with Crippen LogP contribution in [0, 0.1) is 0 Å². The molecular weight excluding hydrogens is 268 g/mol. The zero-order valence-electron chi connectivity index (χ0n) is 11.0. The van der Waals surface area contributed by atoms with Gasteiger partial charge in [-0.1, -0.05) is 11.6 Å². The Morgan fingerprint density at radius 2 is 2.42 bits per heavy atom. The normalized spacial score (nSPS) is 19.7. The maximum Gasteiger partial charge on any atom is 0.287 e. The minimum atomic E-state index is -0.282. The summed E-state index contributed by atoms with van der Waals surface area (Å²) in [6, 6.07) is 0.126. The van der Waals surface area contributed by atoms with Gasteiger partial charge in [-0.25, -0.2) is 4.68 Å². The van der Waals surface area contributed by atoms with Crippen LogP contribution >= 0.6 is 11.6 Å². The van der Waals surface area contributed by atoms with E-state index in [1.807, 2.05) is 4.90 Å². The average Bonchev–Trinajstić information content (AvgIpc) is 2.40. The average molecular weight is 287 g/mol. The lowest BCUT2D eigenvalue weighted by Crippen LogP contribution is -2.43. The smallest absolute Gasteiger partial charge is 0.287 e. The highest BCUT2D eigenvalue weighted by atomic mass is 35.5. The monoisotopic (exact) mass is 286 g/mol. The Morgan fingerprint density at radius 3 is 3.11 bits per heavy atom. The van der Waals surface area contributed by atoms with Gasteiger partial charge < -0.3 is 15.4 Å². The van der Waals surface area contributed by atoms with Crippen molar-refractivity contribution in [3.8, 4) is 0 Å². The molecular formula is C12H19ClN4O2. The highest BCUT2D eigenvalue weighted by molar-refractivity contribution is 6.33. The van der Waals surface area contributed by atoms with Crippen molar-refractivity contribution in [1.29, 1.82) is 0 Å². The van der Waals surface area contributed by atoms with Crippen LogP contribution in [0.2, 0.25) is 5.02 Å². The SMILES string of the molecule is COCCn1ncc(N2CCC[C@@H](N)C2)c(Cl)c1=O. The van der Waals surface area contributed by atoms with Gasteiger partial charge in [0.1, 0.15) is 5.02 Å². The van der Waals surface area contributed by atoms with Gasteiger partial charge in [-0.2, -0.15) is 5.10 Å². The second kappa shape index (κ2) is 6.36. The minimum absolute atomic E-state index is 0.126. The first-order valence-electron chi connectivity index (χ1n) is 6.38. The first kappa shape index (κ1) is 14.3. The van der Waals surface area contributed by atoms with Gasteiger partial charge in [-0.3, -0.25) is 4.79 Å². The van der Waals surface area contributed by atoms with Crippen LogP contribution in [0.1, 0.15) is 12.8 Å². The molecule has 106 valence electrons. The summed E-state index contributed by atoms with van der Waals surface area (Å²) in [5.41, 5.74) is 6.34. The molecule has 0 aromatic carbocycles. The molecule has 1 aromatic rings. The zero-order valence-corrected chi connectivity index (χ0v) is 11.8. The Labute approximate surface area is 117 Å². The van der Waals surface area contributed by atoms with Gasteiger partial charge in [0.15, 0.2) is 0 Å². The quantitative estimate of drug-likeness (QED) is 0.871. The van der Waals surface area contributed by atoms with Gasteiger partial charge in [-0.15, -0.1) is 0 Å². The predicted octanol–water partition coefficient (Wildman–Crippen LogP) is 0.471. The van der Waals surface area contributed by atoms with Gasteiger partial charge in [0.05, 0.1) is 25.0 Å². The molecule has 0 spiro atoms. The van der Waals surface area contributed by atoms with E-state index in [9.17, 15) is 4.79 Å². The third-order valence-electron chi connectivity index (χ3n) is 3.27. The number of nitrogens with zero attached hydrogens (tertiary/aromatic N) is 3. The summed E-state index contributed by atoms with van der Waals surface area (Å²) in [6.45, 7) is 2.39. The summed E-state index contributed by atoms with van der Waals surface area (Å²) >= 11 is 6.16. The van der Waals surface area contributed by atoms with Gasteiger partial charge in [-0.05, 0) is 12.8 Å². The molecule has 1 aliphatic rings. The third kappa shape index (κ3) is 3.26. The fourth-order valence-corrected chi connectivity index (χ4v) is 2.51. The van der Waals surface area contributed by atoms with E-state index in [-0.39, 0.29) is 16.6 Å². The van der Waals surface area contributed by atoms with Crippen molar-refractivity contribution in [3.63, 3.8) is 0 Å². The molecule has 0 aliphatic carbocycles. The summed E-state index contributed by atoms with van der Waals surface area (Å²) < 4.78 is 6.25. The van der Waals surface area contributed by atoms with Crippen molar-refractivity contribution >= 4 is 17.3 Å². The van der Waals surface area contributed by atoms with Crippen molar-refractivity contribution in [2.75, 3.05) is 31.7 Å². The molecule has 2 heterocycles.